The molecule has 1 nitrogen and oxygen atoms in total. The van der Waals surface area contributed by atoms with Crippen LogP contribution in [-0.4, -0.2) is 5.78 Å². The lowest BCUT2D eigenvalue weighted by Crippen LogP contribution is -2.18. The molecular weight excluding hydrogens is 232 g/mol. The third-order valence-electron chi connectivity index (χ3n) is 3.80. The molecule has 19 heavy (non-hydrogen) atoms. The van der Waals surface area contributed by atoms with E-state index in [0.29, 0.717) is 11.7 Å². The maximum atomic E-state index is 10.9. The van der Waals surface area contributed by atoms with Gasteiger partial charge in [-0.15, -0.1) is 0 Å². The van der Waals surface area contributed by atoms with Crippen LogP contribution in [-0.2, 0) is 4.79 Å². The van der Waals surface area contributed by atoms with Crippen molar-refractivity contribution in [3.63, 3.8) is 0 Å². The standard InChI is InChI=1S/C9H16O.C7H16.C2H6/c1-7-3-5-9(6-4-7)8(2)10;1-3-5-7-6-4-2;1-2/h7,9H,3-6H2,1-2H3;3-7H2,1-2H3;1-2H3. The van der Waals surface area contributed by atoms with E-state index in [1.54, 1.807) is 6.92 Å². The van der Waals surface area contributed by atoms with Crippen molar-refractivity contribution in [2.45, 2.75) is 99.3 Å². The van der Waals surface area contributed by atoms with Crippen molar-refractivity contribution in [3.8, 4) is 0 Å². The monoisotopic (exact) mass is 270 g/mol. The van der Waals surface area contributed by atoms with Crippen molar-refractivity contribution in [2.24, 2.45) is 11.8 Å². The van der Waals surface area contributed by atoms with Crippen LogP contribution in [0.15, 0.2) is 0 Å². The Morgan fingerprint density at radius 3 is 1.63 bits per heavy atom. The van der Waals surface area contributed by atoms with Gasteiger partial charge in [-0.25, -0.2) is 0 Å². The number of unbranched alkanes of at least 4 members (excludes halogenated alkanes) is 4. The summed E-state index contributed by atoms with van der Waals surface area (Å²) in [5, 5.41) is 0. The number of ketones is 1. The summed E-state index contributed by atoms with van der Waals surface area (Å²) >= 11 is 0. The first-order valence-corrected chi connectivity index (χ1v) is 8.62. The SMILES string of the molecule is CC.CC(=O)C1CCC(C)CC1.CCCCCCC. The lowest BCUT2D eigenvalue weighted by Gasteiger charge is -2.23. The summed E-state index contributed by atoms with van der Waals surface area (Å²) in [5.74, 6) is 1.65. The highest BCUT2D eigenvalue weighted by atomic mass is 16.1. The van der Waals surface area contributed by atoms with Crippen LogP contribution in [0.5, 0.6) is 0 Å². The summed E-state index contributed by atoms with van der Waals surface area (Å²) in [7, 11) is 0. The summed E-state index contributed by atoms with van der Waals surface area (Å²) in [6.45, 7) is 12.5. The maximum Gasteiger partial charge on any atom is 0.132 e. The number of carbonyl (C=O) groups is 1. The molecule has 1 aliphatic carbocycles. The molecule has 0 bridgehead atoms. The quantitative estimate of drug-likeness (QED) is 0.528. The second-order valence-electron chi connectivity index (χ2n) is 5.63. The van der Waals surface area contributed by atoms with Gasteiger partial charge in [-0.1, -0.05) is 79.6 Å². The van der Waals surface area contributed by atoms with Crippen LogP contribution in [0.1, 0.15) is 99.3 Å². The minimum atomic E-state index is 0.395. The minimum Gasteiger partial charge on any atom is -0.300 e. The Morgan fingerprint density at radius 1 is 0.895 bits per heavy atom. The van der Waals surface area contributed by atoms with Crippen LogP contribution >= 0.6 is 0 Å². The summed E-state index contributed by atoms with van der Waals surface area (Å²) in [6, 6.07) is 0. The predicted octanol–water partition coefficient (Wildman–Crippen LogP) is 6.40. The number of carbonyl (C=O) groups excluding carboxylic acids is 1. The first-order valence-electron chi connectivity index (χ1n) is 8.62. The van der Waals surface area contributed by atoms with Crippen LogP contribution in [0.4, 0.5) is 0 Å². The fraction of sp³-hybridized carbons (Fsp3) is 0.944. The van der Waals surface area contributed by atoms with Crippen molar-refractivity contribution in [1.82, 2.24) is 0 Å². The molecule has 1 saturated carbocycles. The molecule has 116 valence electrons. The normalized spacial score (nSPS) is 21.6. The highest BCUT2D eigenvalue weighted by Crippen LogP contribution is 2.28. The van der Waals surface area contributed by atoms with E-state index in [0.717, 1.165) is 18.8 Å². The zero-order valence-electron chi connectivity index (χ0n) is 14.4. The molecule has 1 fully saturated rings. The average Bonchev–Trinajstić information content (AvgIpc) is 2.43. The number of hydrogen-bond acceptors (Lipinski definition) is 1. The number of Topliss-reactive ketones (excluding diaryl/α,β-unsaturated/α-hetero) is 1. The van der Waals surface area contributed by atoms with Crippen LogP contribution in [0.25, 0.3) is 0 Å². The Labute approximate surface area is 122 Å². The molecule has 0 aliphatic heterocycles. The van der Waals surface area contributed by atoms with Crippen LogP contribution < -0.4 is 0 Å². The summed E-state index contributed by atoms with van der Waals surface area (Å²) in [6.07, 6.45) is 11.8. The molecule has 0 N–H and O–H groups in total. The van der Waals surface area contributed by atoms with Gasteiger partial charge in [-0.3, -0.25) is 4.79 Å². The Hall–Kier alpha value is -0.330. The van der Waals surface area contributed by atoms with E-state index < -0.39 is 0 Å². The van der Waals surface area contributed by atoms with E-state index in [4.69, 9.17) is 0 Å². The maximum absolute atomic E-state index is 10.9. The van der Waals surface area contributed by atoms with Gasteiger partial charge in [0.2, 0.25) is 0 Å². The van der Waals surface area contributed by atoms with Gasteiger partial charge >= 0.3 is 0 Å². The smallest absolute Gasteiger partial charge is 0.132 e. The predicted molar refractivity (Wildman–Crippen MR) is 87.6 cm³/mol. The van der Waals surface area contributed by atoms with E-state index in [1.165, 1.54) is 44.9 Å². The van der Waals surface area contributed by atoms with Gasteiger partial charge in [-0.2, -0.15) is 0 Å². The highest BCUT2D eigenvalue weighted by molar-refractivity contribution is 5.78. The van der Waals surface area contributed by atoms with Gasteiger partial charge in [0.1, 0.15) is 5.78 Å². The van der Waals surface area contributed by atoms with Crippen LogP contribution in [0, 0.1) is 11.8 Å². The fourth-order valence-electron chi connectivity index (χ4n) is 2.34. The van der Waals surface area contributed by atoms with E-state index in [1.807, 2.05) is 13.8 Å². The molecule has 0 heterocycles. The Bertz CT molecular complexity index is 174. The van der Waals surface area contributed by atoms with Crippen molar-refractivity contribution < 1.29 is 4.79 Å². The molecule has 0 saturated heterocycles. The third-order valence-corrected chi connectivity index (χ3v) is 3.80. The molecule has 0 unspecified atom stereocenters. The fourth-order valence-corrected chi connectivity index (χ4v) is 2.34. The van der Waals surface area contributed by atoms with Crippen molar-refractivity contribution >= 4 is 5.78 Å². The molecule has 1 heteroatoms. The Balaban J connectivity index is 0. The Kier molecular flexibility index (Phi) is 17.4. The van der Waals surface area contributed by atoms with Gasteiger partial charge in [-0.05, 0) is 25.7 Å². The zero-order chi connectivity index (χ0) is 15.1. The van der Waals surface area contributed by atoms with Crippen LogP contribution in [0.2, 0.25) is 0 Å². The summed E-state index contributed by atoms with van der Waals surface area (Å²) < 4.78 is 0. The largest absolute Gasteiger partial charge is 0.300 e. The van der Waals surface area contributed by atoms with Crippen molar-refractivity contribution in [3.05, 3.63) is 0 Å². The number of hydrogen-bond donors (Lipinski definition) is 0. The first-order chi connectivity index (χ1) is 9.11. The topological polar surface area (TPSA) is 17.1 Å². The lowest BCUT2D eigenvalue weighted by molar-refractivity contribution is -0.121. The highest BCUT2D eigenvalue weighted by Gasteiger charge is 2.20. The minimum absolute atomic E-state index is 0.395. The van der Waals surface area contributed by atoms with Gasteiger partial charge in [0.25, 0.3) is 0 Å². The zero-order valence-corrected chi connectivity index (χ0v) is 14.4. The molecular formula is C18H38O. The van der Waals surface area contributed by atoms with Crippen molar-refractivity contribution in [2.75, 3.05) is 0 Å². The number of rotatable bonds is 5. The molecule has 1 aliphatic rings. The van der Waals surface area contributed by atoms with E-state index in [9.17, 15) is 4.79 Å². The van der Waals surface area contributed by atoms with Gasteiger partial charge in [0.05, 0.1) is 0 Å². The second-order valence-corrected chi connectivity index (χ2v) is 5.63. The average molecular weight is 271 g/mol. The van der Waals surface area contributed by atoms with E-state index in [2.05, 4.69) is 20.8 Å². The molecule has 0 amide bonds. The molecule has 0 aromatic carbocycles. The van der Waals surface area contributed by atoms with E-state index in [-0.39, 0.29) is 0 Å². The molecule has 0 atom stereocenters. The third kappa shape index (κ3) is 13.9. The summed E-state index contributed by atoms with van der Waals surface area (Å²) in [5.41, 5.74) is 0. The molecule has 0 aromatic rings. The van der Waals surface area contributed by atoms with Gasteiger partial charge in [0, 0.05) is 5.92 Å². The molecule has 1 rings (SSSR count). The summed E-state index contributed by atoms with van der Waals surface area (Å²) in [4.78, 5) is 10.9. The molecule has 0 radical (unpaired) electrons. The van der Waals surface area contributed by atoms with Gasteiger partial charge in [0.15, 0.2) is 0 Å². The van der Waals surface area contributed by atoms with Crippen LogP contribution in [0.3, 0.4) is 0 Å². The molecule has 0 aromatic heterocycles. The lowest BCUT2D eigenvalue weighted by atomic mass is 9.81. The second kappa shape index (κ2) is 15.7. The Morgan fingerprint density at radius 2 is 1.32 bits per heavy atom. The first kappa shape index (κ1) is 21.0. The van der Waals surface area contributed by atoms with Crippen molar-refractivity contribution in [1.29, 1.82) is 0 Å². The van der Waals surface area contributed by atoms with E-state index >= 15 is 0 Å². The molecule has 0 spiro atoms. The van der Waals surface area contributed by atoms with Gasteiger partial charge < -0.3 is 0 Å².